The van der Waals surface area contributed by atoms with Gasteiger partial charge in [0.15, 0.2) is 0 Å². The normalized spacial score (nSPS) is 16.4. The fourth-order valence-electron chi connectivity index (χ4n) is 2.78. The Morgan fingerprint density at radius 2 is 2.04 bits per heavy atom. The Bertz CT molecular complexity index is 664. The number of benzene rings is 1. The zero-order valence-electron chi connectivity index (χ0n) is 13.0. The largest absolute Gasteiger partial charge is 0.444 e. The fourth-order valence-corrected chi connectivity index (χ4v) is 2.78. The average Bonchev–Trinajstić information content (AvgIpc) is 3.16. The SMILES string of the molecule is Cl.Cl.NCC1CCCN1C(=O)Cc1coc(-c2ccc(F)cc2)n1. The molecule has 1 aromatic heterocycles. The predicted molar refractivity (Wildman–Crippen MR) is 93.9 cm³/mol. The maximum absolute atomic E-state index is 12.9. The number of rotatable bonds is 4. The fraction of sp³-hybridized carbons (Fsp3) is 0.375. The number of aromatic nitrogens is 1. The van der Waals surface area contributed by atoms with Gasteiger partial charge in [-0.2, -0.15) is 0 Å². The summed E-state index contributed by atoms with van der Waals surface area (Å²) in [5.41, 5.74) is 6.95. The number of carbonyl (C=O) groups is 1. The van der Waals surface area contributed by atoms with Crippen LogP contribution in [0.1, 0.15) is 18.5 Å². The molecule has 5 nitrogen and oxygen atoms in total. The lowest BCUT2D eigenvalue weighted by atomic mass is 10.2. The third-order valence-electron chi connectivity index (χ3n) is 3.94. The molecular weight excluding hydrogens is 356 g/mol. The lowest BCUT2D eigenvalue weighted by Crippen LogP contribution is -2.40. The van der Waals surface area contributed by atoms with Crippen LogP contribution in [0.25, 0.3) is 11.5 Å². The van der Waals surface area contributed by atoms with Crippen LogP contribution in [0, 0.1) is 5.82 Å². The average molecular weight is 376 g/mol. The van der Waals surface area contributed by atoms with E-state index in [4.69, 9.17) is 10.2 Å². The molecule has 0 aliphatic carbocycles. The standard InChI is InChI=1S/C16H18FN3O2.2ClH/c17-12-5-3-11(4-6-12)16-19-13(10-22-16)8-15(21)20-7-1-2-14(20)9-18;;/h3-6,10,14H,1-2,7-9,18H2;2*1H. The number of halogens is 3. The highest BCUT2D eigenvalue weighted by atomic mass is 35.5. The van der Waals surface area contributed by atoms with E-state index in [-0.39, 0.29) is 49.0 Å². The van der Waals surface area contributed by atoms with E-state index >= 15 is 0 Å². The Hall–Kier alpha value is -1.63. The Morgan fingerprint density at radius 1 is 1.33 bits per heavy atom. The number of hydrogen-bond acceptors (Lipinski definition) is 4. The lowest BCUT2D eigenvalue weighted by Gasteiger charge is -2.22. The summed E-state index contributed by atoms with van der Waals surface area (Å²) in [6, 6.07) is 6.02. The summed E-state index contributed by atoms with van der Waals surface area (Å²) in [6.45, 7) is 1.24. The summed E-state index contributed by atoms with van der Waals surface area (Å²) in [5, 5.41) is 0. The molecule has 8 heteroatoms. The Balaban J connectivity index is 0.00000144. The highest BCUT2D eigenvalue weighted by Gasteiger charge is 2.27. The third kappa shape index (κ3) is 4.47. The molecule has 1 aliphatic heterocycles. The van der Waals surface area contributed by atoms with Crippen LogP contribution in [0.4, 0.5) is 4.39 Å². The zero-order chi connectivity index (χ0) is 15.5. The van der Waals surface area contributed by atoms with E-state index in [9.17, 15) is 9.18 Å². The van der Waals surface area contributed by atoms with Gasteiger partial charge < -0.3 is 15.1 Å². The summed E-state index contributed by atoms with van der Waals surface area (Å²) in [4.78, 5) is 18.4. The minimum absolute atomic E-state index is 0. The maximum Gasteiger partial charge on any atom is 0.229 e. The Labute approximate surface area is 152 Å². The monoisotopic (exact) mass is 375 g/mol. The van der Waals surface area contributed by atoms with Crippen molar-refractivity contribution in [3.8, 4) is 11.5 Å². The number of hydrogen-bond donors (Lipinski definition) is 1. The van der Waals surface area contributed by atoms with Crippen LogP contribution in [0.15, 0.2) is 34.9 Å². The molecule has 2 heterocycles. The van der Waals surface area contributed by atoms with Crippen LogP contribution in [0.5, 0.6) is 0 Å². The van der Waals surface area contributed by atoms with Gasteiger partial charge in [-0.05, 0) is 37.1 Å². The molecule has 0 radical (unpaired) electrons. The van der Waals surface area contributed by atoms with Crippen molar-refractivity contribution >= 4 is 30.7 Å². The van der Waals surface area contributed by atoms with Crippen LogP contribution in [0.3, 0.4) is 0 Å². The van der Waals surface area contributed by atoms with E-state index in [2.05, 4.69) is 4.98 Å². The number of amides is 1. The van der Waals surface area contributed by atoms with Crippen molar-refractivity contribution in [2.75, 3.05) is 13.1 Å². The molecule has 3 rings (SSSR count). The molecule has 1 aromatic carbocycles. The molecule has 24 heavy (non-hydrogen) atoms. The van der Waals surface area contributed by atoms with E-state index in [0.717, 1.165) is 19.4 Å². The molecule has 1 amide bonds. The molecule has 0 saturated carbocycles. The van der Waals surface area contributed by atoms with Gasteiger partial charge >= 0.3 is 0 Å². The van der Waals surface area contributed by atoms with Gasteiger partial charge in [0.25, 0.3) is 0 Å². The first-order valence-corrected chi connectivity index (χ1v) is 7.37. The zero-order valence-corrected chi connectivity index (χ0v) is 14.6. The van der Waals surface area contributed by atoms with Crippen LogP contribution in [-0.4, -0.2) is 34.9 Å². The summed E-state index contributed by atoms with van der Waals surface area (Å²) in [6.07, 6.45) is 3.63. The third-order valence-corrected chi connectivity index (χ3v) is 3.94. The number of oxazole rings is 1. The highest BCUT2D eigenvalue weighted by molar-refractivity contribution is 5.85. The molecule has 2 N–H and O–H groups in total. The minimum atomic E-state index is -0.312. The molecule has 0 spiro atoms. The molecule has 1 fully saturated rings. The van der Waals surface area contributed by atoms with Crippen molar-refractivity contribution < 1.29 is 13.6 Å². The molecular formula is C16H20Cl2FN3O2. The van der Waals surface area contributed by atoms with Gasteiger partial charge in [-0.15, -0.1) is 24.8 Å². The molecule has 1 atom stereocenters. The Kier molecular flexibility index (Phi) is 7.66. The number of nitrogens with zero attached hydrogens (tertiary/aromatic N) is 2. The minimum Gasteiger partial charge on any atom is -0.444 e. The van der Waals surface area contributed by atoms with E-state index < -0.39 is 0 Å². The molecule has 1 aliphatic rings. The van der Waals surface area contributed by atoms with Gasteiger partial charge in [0, 0.05) is 24.7 Å². The van der Waals surface area contributed by atoms with Crippen molar-refractivity contribution in [1.29, 1.82) is 0 Å². The van der Waals surface area contributed by atoms with Crippen LogP contribution in [0.2, 0.25) is 0 Å². The maximum atomic E-state index is 12.9. The number of nitrogens with two attached hydrogens (primary N) is 1. The molecule has 132 valence electrons. The summed E-state index contributed by atoms with van der Waals surface area (Å²) < 4.78 is 18.3. The molecule has 1 saturated heterocycles. The quantitative estimate of drug-likeness (QED) is 0.891. The van der Waals surface area contributed by atoms with E-state index in [1.807, 2.05) is 4.90 Å². The topological polar surface area (TPSA) is 72.4 Å². The molecule has 0 bridgehead atoms. The van der Waals surface area contributed by atoms with Crippen molar-refractivity contribution in [1.82, 2.24) is 9.88 Å². The van der Waals surface area contributed by atoms with Crippen LogP contribution < -0.4 is 5.73 Å². The van der Waals surface area contributed by atoms with Crippen LogP contribution >= 0.6 is 24.8 Å². The summed E-state index contributed by atoms with van der Waals surface area (Å²) >= 11 is 0. The second kappa shape index (κ2) is 9.01. The first-order valence-electron chi connectivity index (χ1n) is 7.37. The summed E-state index contributed by atoms with van der Waals surface area (Å²) in [5.74, 6) is 0.0964. The predicted octanol–water partition coefficient (Wildman–Crippen LogP) is 2.82. The highest BCUT2D eigenvalue weighted by Crippen LogP contribution is 2.21. The van der Waals surface area contributed by atoms with Crippen molar-refractivity contribution in [3.63, 3.8) is 0 Å². The first-order chi connectivity index (χ1) is 10.7. The van der Waals surface area contributed by atoms with Crippen molar-refractivity contribution in [2.24, 2.45) is 5.73 Å². The van der Waals surface area contributed by atoms with Gasteiger partial charge in [0.2, 0.25) is 11.8 Å². The lowest BCUT2D eigenvalue weighted by molar-refractivity contribution is -0.131. The van der Waals surface area contributed by atoms with Gasteiger partial charge in [-0.3, -0.25) is 4.79 Å². The van der Waals surface area contributed by atoms with E-state index in [1.165, 1.54) is 18.4 Å². The van der Waals surface area contributed by atoms with Crippen LogP contribution in [-0.2, 0) is 11.2 Å². The van der Waals surface area contributed by atoms with Crippen molar-refractivity contribution in [3.05, 3.63) is 42.0 Å². The van der Waals surface area contributed by atoms with Gasteiger partial charge in [0.1, 0.15) is 12.1 Å². The summed E-state index contributed by atoms with van der Waals surface area (Å²) in [7, 11) is 0. The van der Waals surface area contributed by atoms with Gasteiger partial charge in [-0.1, -0.05) is 0 Å². The molecule has 2 aromatic rings. The van der Waals surface area contributed by atoms with Gasteiger partial charge in [0.05, 0.1) is 12.1 Å². The van der Waals surface area contributed by atoms with E-state index in [1.54, 1.807) is 12.1 Å². The second-order valence-corrected chi connectivity index (χ2v) is 5.45. The smallest absolute Gasteiger partial charge is 0.229 e. The van der Waals surface area contributed by atoms with Crippen molar-refractivity contribution in [2.45, 2.75) is 25.3 Å². The van der Waals surface area contributed by atoms with Gasteiger partial charge in [-0.25, -0.2) is 9.37 Å². The number of likely N-dealkylation sites (tertiary alicyclic amines) is 1. The second-order valence-electron chi connectivity index (χ2n) is 5.45. The van der Waals surface area contributed by atoms with E-state index in [0.29, 0.717) is 23.7 Å². The Morgan fingerprint density at radius 3 is 2.71 bits per heavy atom. The molecule has 1 unspecified atom stereocenters. The number of carbonyl (C=O) groups excluding carboxylic acids is 1. The first kappa shape index (κ1) is 20.4.